The van der Waals surface area contributed by atoms with Crippen molar-refractivity contribution in [3.05, 3.63) is 112 Å². The van der Waals surface area contributed by atoms with Gasteiger partial charge in [-0.05, 0) is 0 Å². The van der Waals surface area contributed by atoms with Crippen LogP contribution in [0, 0.1) is 31.6 Å². The fourth-order valence-corrected chi connectivity index (χ4v) is 7.82. The zero-order chi connectivity index (χ0) is 22.4. The minimum absolute atomic E-state index is 0.0607. The zero-order valence-corrected chi connectivity index (χ0v) is 18.7. The molecule has 5 rings (SSSR count). The number of nitro groups is 2. The number of thioether (sulfide) groups is 1. The second-order valence-electron chi connectivity index (χ2n) is 7.00. The predicted octanol–water partition coefficient (Wildman–Crippen LogP) is 5.52. The van der Waals surface area contributed by atoms with E-state index in [4.69, 9.17) is 0 Å². The Hall–Kier alpha value is -3.70. The average molecular weight is 504 g/mol. The van der Waals surface area contributed by atoms with Crippen LogP contribution in [0.4, 0.5) is 11.4 Å². The van der Waals surface area contributed by atoms with Crippen LogP contribution in [0.2, 0.25) is 0 Å². The topological polar surface area (TPSA) is 110 Å². The van der Waals surface area contributed by atoms with Gasteiger partial charge in [-0.2, -0.15) is 0 Å². The van der Waals surface area contributed by atoms with E-state index in [0.717, 1.165) is 19.8 Å². The van der Waals surface area contributed by atoms with Crippen LogP contribution >= 0.6 is 11.8 Å². The molecule has 1 heterocycles. The summed E-state index contributed by atoms with van der Waals surface area (Å²) in [7, 11) is 0. The second-order valence-corrected chi connectivity index (χ2v) is 10.5. The molecule has 0 fully saturated rings. The molecule has 0 N–H and O–H groups in total. The number of hydrogen-bond acceptors (Lipinski definition) is 6. The first kappa shape index (κ1) is 20.2. The zero-order valence-electron chi connectivity index (χ0n) is 16.1. The molecule has 2 aliphatic rings. The van der Waals surface area contributed by atoms with Crippen LogP contribution in [0.1, 0.15) is 22.3 Å². The molecule has 32 heavy (non-hydrogen) atoms. The molecule has 1 aliphatic heterocycles. The van der Waals surface area contributed by atoms with Crippen molar-refractivity contribution in [1.82, 2.24) is 0 Å². The van der Waals surface area contributed by atoms with Gasteiger partial charge in [0.15, 0.2) is 0 Å². The van der Waals surface area contributed by atoms with E-state index in [2.05, 4.69) is 11.0 Å². The summed E-state index contributed by atoms with van der Waals surface area (Å²) in [5.41, 5.74) is 4.26. The maximum atomic E-state index is 11.5. The van der Waals surface area contributed by atoms with E-state index in [0.29, 0.717) is 22.3 Å². The van der Waals surface area contributed by atoms with E-state index in [1.54, 1.807) is 17.8 Å². The van der Waals surface area contributed by atoms with E-state index in [9.17, 15) is 25.5 Å². The van der Waals surface area contributed by atoms with E-state index in [1.807, 2.05) is 30.3 Å². The molecule has 7 nitrogen and oxygen atoms in total. The molecular formula is C23H11N3O4SSe. The fourth-order valence-electron chi connectivity index (χ4n) is 3.84. The number of nitro benzene ring substituents is 2. The van der Waals surface area contributed by atoms with Crippen molar-refractivity contribution in [2.24, 2.45) is 0 Å². The maximum absolute atomic E-state index is 11.5. The molecule has 0 bridgehead atoms. The van der Waals surface area contributed by atoms with Gasteiger partial charge in [-0.25, -0.2) is 0 Å². The number of rotatable bonds is 3. The summed E-state index contributed by atoms with van der Waals surface area (Å²) in [5.74, 6) is 0. The number of hydrogen-bond donors (Lipinski definition) is 0. The van der Waals surface area contributed by atoms with E-state index in [-0.39, 0.29) is 31.9 Å². The van der Waals surface area contributed by atoms with Crippen molar-refractivity contribution in [2.75, 3.05) is 0 Å². The average Bonchev–Trinajstić information content (AvgIpc) is 3.41. The van der Waals surface area contributed by atoms with Crippen LogP contribution in [0.5, 0.6) is 0 Å². The molecule has 0 saturated carbocycles. The van der Waals surface area contributed by atoms with Crippen LogP contribution in [0.15, 0.2) is 69.4 Å². The molecule has 3 aromatic rings. The number of non-ortho nitro benzene ring substituents is 2. The Labute approximate surface area is 192 Å². The Morgan fingerprint density at radius 2 is 1.59 bits per heavy atom. The first-order valence-electron chi connectivity index (χ1n) is 9.34. The third-order valence-electron chi connectivity index (χ3n) is 5.21. The number of fused-ring (bicyclic) bond motifs is 3. The summed E-state index contributed by atoms with van der Waals surface area (Å²) >= 11 is 1.51. The third-order valence-corrected chi connectivity index (χ3v) is 9.16. The molecule has 1 aliphatic carbocycles. The Morgan fingerprint density at radius 3 is 2.28 bits per heavy atom. The first-order chi connectivity index (χ1) is 15.5. The van der Waals surface area contributed by atoms with Crippen LogP contribution in [-0.4, -0.2) is 24.8 Å². The van der Waals surface area contributed by atoms with E-state index in [1.165, 1.54) is 24.3 Å². The molecule has 0 saturated heterocycles. The first-order valence-corrected chi connectivity index (χ1v) is 12.0. The third kappa shape index (κ3) is 3.22. The van der Waals surface area contributed by atoms with E-state index >= 15 is 0 Å². The van der Waals surface area contributed by atoms with Crippen LogP contribution in [0.3, 0.4) is 0 Å². The number of nitrogens with zero attached hydrogens (tertiary/aromatic N) is 3. The Bertz CT molecular complexity index is 1440. The quantitative estimate of drug-likeness (QED) is 0.206. The van der Waals surface area contributed by atoms with Crippen LogP contribution in [0.25, 0.3) is 21.6 Å². The summed E-state index contributed by atoms with van der Waals surface area (Å²) in [5, 5.41) is 32.7. The van der Waals surface area contributed by atoms with Crippen molar-refractivity contribution in [1.29, 1.82) is 5.26 Å². The fraction of sp³-hybridized carbons (Fsp3) is 0. The van der Waals surface area contributed by atoms with Gasteiger partial charge in [-0.15, -0.1) is 0 Å². The molecular weight excluding hydrogens is 493 g/mol. The molecule has 154 valence electrons. The van der Waals surface area contributed by atoms with Gasteiger partial charge in [0, 0.05) is 0 Å². The van der Waals surface area contributed by atoms with Gasteiger partial charge in [-0.1, -0.05) is 0 Å². The van der Waals surface area contributed by atoms with Crippen molar-refractivity contribution < 1.29 is 9.85 Å². The van der Waals surface area contributed by atoms with Crippen molar-refractivity contribution in [2.45, 2.75) is 0 Å². The molecule has 0 atom stereocenters. The second kappa shape index (κ2) is 7.77. The summed E-state index contributed by atoms with van der Waals surface area (Å²) in [6, 6.07) is 19.2. The van der Waals surface area contributed by atoms with Gasteiger partial charge in [-0.3, -0.25) is 0 Å². The van der Waals surface area contributed by atoms with Crippen LogP contribution < -0.4 is 0 Å². The van der Waals surface area contributed by atoms with Gasteiger partial charge in [0.2, 0.25) is 0 Å². The monoisotopic (exact) mass is 505 g/mol. The van der Waals surface area contributed by atoms with Gasteiger partial charge in [0.25, 0.3) is 0 Å². The van der Waals surface area contributed by atoms with Crippen molar-refractivity contribution in [3.8, 4) is 17.2 Å². The molecule has 0 radical (unpaired) electrons. The van der Waals surface area contributed by atoms with Crippen molar-refractivity contribution in [3.63, 3.8) is 0 Å². The molecule has 0 amide bonds. The summed E-state index contributed by atoms with van der Waals surface area (Å²) < 4.78 is 1.00. The Kier molecular flexibility index (Phi) is 4.91. The molecule has 0 unspecified atom stereocenters. The standard InChI is InChI=1S/C23H11N3O4SSe/c24-11-14-8-16(26(29)30)10-19-21(14)17-7-6-15(25(27)28)9-18(17)22(19)23-31-20(12-32-23)13-4-2-1-3-5-13/h1-10,12H/b23-22-. The summed E-state index contributed by atoms with van der Waals surface area (Å²) in [6.07, 6.45) is 0. The summed E-state index contributed by atoms with van der Waals surface area (Å²) in [6.45, 7) is 0. The Morgan fingerprint density at radius 1 is 0.875 bits per heavy atom. The molecule has 0 spiro atoms. The number of nitriles is 1. The molecule has 9 heteroatoms. The SMILES string of the molecule is N#Cc1cc([N+](=O)[O-])cc2c1-c1ccc([N+](=O)[O-])cc1/C2=C1\SC(c2ccccc2)=C[Se]1. The van der Waals surface area contributed by atoms with Gasteiger partial charge in [0.1, 0.15) is 0 Å². The van der Waals surface area contributed by atoms with E-state index < -0.39 is 9.85 Å². The van der Waals surface area contributed by atoms with Gasteiger partial charge < -0.3 is 0 Å². The van der Waals surface area contributed by atoms with Gasteiger partial charge in [0.05, 0.1) is 0 Å². The van der Waals surface area contributed by atoms with Crippen molar-refractivity contribution >= 4 is 48.6 Å². The molecule has 3 aromatic carbocycles. The minimum atomic E-state index is -0.518. The normalized spacial score (nSPS) is 16.2. The molecule has 0 aromatic heterocycles. The Balaban J connectivity index is 1.75. The van der Waals surface area contributed by atoms with Gasteiger partial charge >= 0.3 is 193 Å². The van der Waals surface area contributed by atoms with Crippen LogP contribution in [-0.2, 0) is 0 Å². The summed E-state index contributed by atoms with van der Waals surface area (Å²) in [4.78, 5) is 25.2. The predicted molar refractivity (Wildman–Crippen MR) is 124 cm³/mol. The number of benzene rings is 3.